The van der Waals surface area contributed by atoms with Gasteiger partial charge in [-0.1, -0.05) is 38.8 Å². The number of hydrogen-bond acceptors (Lipinski definition) is 2. The van der Waals surface area contributed by atoms with Crippen LogP contribution in [0.3, 0.4) is 0 Å². The van der Waals surface area contributed by atoms with E-state index in [1.807, 2.05) is 6.92 Å². The number of nitrogens with one attached hydrogen (secondary N) is 1. The van der Waals surface area contributed by atoms with Crippen LogP contribution in [-0.2, 0) is 4.79 Å². The topological polar surface area (TPSA) is 41.5 Å². The summed E-state index contributed by atoms with van der Waals surface area (Å²) in [6.07, 6.45) is 10.00. The Hall–Kier alpha value is 0.1000. The summed E-state index contributed by atoms with van der Waals surface area (Å²) in [4.78, 5) is 12.5. The van der Waals surface area contributed by atoms with Crippen LogP contribution in [0.15, 0.2) is 5.10 Å². The molecule has 0 aromatic heterocycles. The molecule has 1 amide bonds. The van der Waals surface area contributed by atoms with Crippen LogP contribution >= 0.6 is 31.9 Å². The zero-order valence-electron chi connectivity index (χ0n) is 14.0. The molecule has 0 aromatic rings. The third-order valence-corrected chi connectivity index (χ3v) is 9.35. The highest BCUT2D eigenvalue weighted by Crippen LogP contribution is 2.66. The highest BCUT2D eigenvalue weighted by Gasteiger charge is 2.66. The van der Waals surface area contributed by atoms with Crippen LogP contribution in [0.5, 0.6) is 0 Å². The number of hydrazone groups is 1. The van der Waals surface area contributed by atoms with E-state index in [9.17, 15) is 4.79 Å². The molecule has 0 aliphatic heterocycles. The Bertz CT molecular complexity index is 536. The molecule has 5 rings (SSSR count). The number of nitrogens with zero attached hydrogens (tertiary/aromatic N) is 1. The molecule has 0 saturated heterocycles. The van der Waals surface area contributed by atoms with E-state index in [-0.39, 0.29) is 9.14 Å². The van der Waals surface area contributed by atoms with Crippen molar-refractivity contribution in [3.05, 3.63) is 0 Å². The number of halogens is 2. The van der Waals surface area contributed by atoms with Crippen LogP contribution < -0.4 is 5.43 Å². The number of rotatable bonds is 4. The first-order valence-electron chi connectivity index (χ1n) is 9.03. The molecule has 1 atom stereocenters. The molecule has 5 saturated carbocycles. The lowest BCUT2D eigenvalue weighted by atomic mass is 9.48. The molecule has 1 unspecified atom stereocenters. The van der Waals surface area contributed by atoms with Gasteiger partial charge in [0.1, 0.15) is 0 Å². The van der Waals surface area contributed by atoms with Crippen molar-refractivity contribution in [3.8, 4) is 0 Å². The van der Waals surface area contributed by atoms with E-state index < -0.39 is 5.41 Å². The van der Waals surface area contributed by atoms with Gasteiger partial charge in [0.05, 0.1) is 8.65 Å². The fourth-order valence-corrected chi connectivity index (χ4v) is 7.41. The lowest BCUT2D eigenvalue weighted by Crippen LogP contribution is -2.50. The Morgan fingerprint density at radius 1 is 1.13 bits per heavy atom. The molecule has 23 heavy (non-hydrogen) atoms. The summed E-state index contributed by atoms with van der Waals surface area (Å²) >= 11 is 7.14. The van der Waals surface area contributed by atoms with E-state index in [0.717, 1.165) is 30.6 Å². The standard InChI is InChI=1S/C18H26Br2N2O/c1-3-14(21-22-15(23)16(2)10-18(16,19)20)17-7-11-4-12(8-17)6-13(5-11)9-17/h11-13H,3-10H2,1-2H3,(H,22,23)/b21-14+. The molecule has 3 nitrogen and oxygen atoms in total. The molecule has 1 N–H and O–H groups in total. The fraction of sp³-hybridized carbons (Fsp3) is 0.889. The fourth-order valence-electron chi connectivity index (χ4n) is 5.92. The predicted octanol–water partition coefficient (Wildman–Crippen LogP) is 4.98. The second-order valence-corrected chi connectivity index (χ2v) is 12.5. The molecule has 4 bridgehead atoms. The van der Waals surface area contributed by atoms with E-state index in [4.69, 9.17) is 0 Å². The van der Waals surface area contributed by atoms with Crippen LogP contribution in [0.25, 0.3) is 0 Å². The highest BCUT2D eigenvalue weighted by atomic mass is 79.9. The zero-order chi connectivity index (χ0) is 16.5. The Labute approximate surface area is 155 Å². The number of amides is 1. The molecular weight excluding hydrogens is 420 g/mol. The zero-order valence-corrected chi connectivity index (χ0v) is 17.2. The van der Waals surface area contributed by atoms with E-state index in [0.29, 0.717) is 5.41 Å². The molecule has 5 heteroatoms. The van der Waals surface area contributed by atoms with Gasteiger partial charge in [0.2, 0.25) is 5.91 Å². The Morgan fingerprint density at radius 2 is 1.61 bits per heavy atom. The summed E-state index contributed by atoms with van der Waals surface area (Å²) in [5, 5.41) is 4.68. The van der Waals surface area contributed by atoms with Crippen molar-refractivity contribution in [2.45, 2.75) is 68.4 Å². The maximum atomic E-state index is 12.5. The van der Waals surface area contributed by atoms with Gasteiger partial charge in [0.15, 0.2) is 0 Å². The normalized spacial score (nSPS) is 46.8. The molecule has 0 aromatic carbocycles. The SMILES string of the molecule is CC/C(=N\NC(=O)C1(C)CC1(Br)Br)C12CC3CC(CC(C3)C1)C2. The first kappa shape index (κ1) is 16.6. The maximum absolute atomic E-state index is 12.5. The molecule has 0 radical (unpaired) electrons. The van der Waals surface area contributed by atoms with E-state index in [1.54, 1.807) is 0 Å². The lowest BCUT2D eigenvalue weighted by Gasteiger charge is -2.57. The lowest BCUT2D eigenvalue weighted by molar-refractivity contribution is -0.125. The van der Waals surface area contributed by atoms with Crippen molar-refractivity contribution in [2.75, 3.05) is 0 Å². The summed E-state index contributed by atoms with van der Waals surface area (Å²) in [7, 11) is 0. The number of carbonyl (C=O) groups excluding carboxylic acids is 1. The molecular formula is C18H26Br2N2O. The van der Waals surface area contributed by atoms with Crippen LogP contribution in [0.2, 0.25) is 0 Å². The minimum atomic E-state index is -0.392. The quantitative estimate of drug-likeness (QED) is 0.370. The molecule has 5 aliphatic carbocycles. The first-order chi connectivity index (χ1) is 10.8. The third-order valence-electron chi connectivity index (χ3n) is 7.04. The first-order valence-corrected chi connectivity index (χ1v) is 10.6. The maximum Gasteiger partial charge on any atom is 0.248 e. The van der Waals surface area contributed by atoms with Gasteiger partial charge in [-0.25, -0.2) is 5.43 Å². The van der Waals surface area contributed by atoms with Crippen LogP contribution in [0.4, 0.5) is 0 Å². The van der Waals surface area contributed by atoms with Gasteiger partial charge in [-0.3, -0.25) is 4.79 Å². The Morgan fingerprint density at radius 3 is 2.00 bits per heavy atom. The van der Waals surface area contributed by atoms with Crippen molar-refractivity contribution < 1.29 is 4.79 Å². The van der Waals surface area contributed by atoms with Crippen LogP contribution in [0.1, 0.15) is 65.2 Å². The van der Waals surface area contributed by atoms with Gasteiger partial charge in [-0.05, 0) is 76.0 Å². The van der Waals surface area contributed by atoms with Crippen molar-refractivity contribution >= 4 is 43.5 Å². The van der Waals surface area contributed by atoms with Gasteiger partial charge >= 0.3 is 0 Å². The van der Waals surface area contributed by atoms with Gasteiger partial charge in [0, 0.05) is 11.1 Å². The highest BCUT2D eigenvalue weighted by molar-refractivity contribution is 9.25. The van der Waals surface area contributed by atoms with Gasteiger partial charge in [0.25, 0.3) is 0 Å². The molecule has 0 heterocycles. The van der Waals surface area contributed by atoms with Gasteiger partial charge < -0.3 is 0 Å². The molecule has 128 valence electrons. The van der Waals surface area contributed by atoms with Crippen molar-refractivity contribution in [3.63, 3.8) is 0 Å². The van der Waals surface area contributed by atoms with Crippen molar-refractivity contribution in [2.24, 2.45) is 33.7 Å². The van der Waals surface area contributed by atoms with E-state index >= 15 is 0 Å². The molecule has 5 aliphatic rings. The second kappa shape index (κ2) is 5.30. The summed E-state index contributed by atoms with van der Waals surface area (Å²) in [5.74, 6) is 2.76. The minimum absolute atomic E-state index is 0.0296. The number of carbonyl (C=O) groups is 1. The van der Waals surface area contributed by atoms with Gasteiger partial charge in [-0.2, -0.15) is 5.10 Å². The van der Waals surface area contributed by atoms with Crippen molar-refractivity contribution in [1.82, 2.24) is 5.43 Å². The smallest absolute Gasteiger partial charge is 0.248 e. The average molecular weight is 446 g/mol. The number of hydrogen-bond donors (Lipinski definition) is 1. The van der Waals surface area contributed by atoms with E-state index in [1.165, 1.54) is 44.2 Å². The summed E-state index contributed by atoms with van der Waals surface area (Å²) < 4.78 is -0.250. The largest absolute Gasteiger partial charge is 0.272 e. The summed E-state index contributed by atoms with van der Waals surface area (Å²) in [5.41, 5.74) is 4.06. The van der Waals surface area contributed by atoms with E-state index in [2.05, 4.69) is 49.3 Å². The third kappa shape index (κ3) is 2.56. The monoisotopic (exact) mass is 444 g/mol. The van der Waals surface area contributed by atoms with Gasteiger partial charge in [-0.15, -0.1) is 0 Å². The summed E-state index contributed by atoms with van der Waals surface area (Å²) in [6.45, 7) is 4.18. The Kier molecular flexibility index (Phi) is 3.81. The Balaban J connectivity index is 1.52. The summed E-state index contributed by atoms with van der Waals surface area (Å²) in [6, 6.07) is 0. The second-order valence-electron chi connectivity index (χ2n) is 8.76. The number of alkyl halides is 2. The van der Waals surface area contributed by atoms with Crippen LogP contribution in [-0.4, -0.2) is 14.9 Å². The average Bonchev–Trinajstić information content (AvgIpc) is 2.97. The van der Waals surface area contributed by atoms with Crippen LogP contribution in [0, 0.1) is 28.6 Å². The van der Waals surface area contributed by atoms with Crippen molar-refractivity contribution in [1.29, 1.82) is 0 Å². The minimum Gasteiger partial charge on any atom is -0.272 e. The molecule has 5 fully saturated rings. The predicted molar refractivity (Wildman–Crippen MR) is 99.8 cm³/mol. The molecule has 0 spiro atoms.